The standard InChI is InChI=1S/C19H21BrN2O3S/c1-14-13-16(7-8-18(14)20)21-19(23)15-9-11-22(12-10-15)26(24,25)17-5-3-2-4-6-17/h2-8,13,15H,9-12H2,1H3,(H,21,23). The summed E-state index contributed by atoms with van der Waals surface area (Å²) in [5.74, 6) is -0.232. The van der Waals surface area contributed by atoms with Gasteiger partial charge in [0, 0.05) is 29.2 Å². The van der Waals surface area contributed by atoms with E-state index in [0.717, 1.165) is 15.7 Å². The molecular weight excluding hydrogens is 416 g/mol. The van der Waals surface area contributed by atoms with Crippen LogP contribution in [0.3, 0.4) is 0 Å². The highest BCUT2D eigenvalue weighted by Gasteiger charge is 2.32. The van der Waals surface area contributed by atoms with Gasteiger partial charge < -0.3 is 5.32 Å². The van der Waals surface area contributed by atoms with Crippen LogP contribution in [0.5, 0.6) is 0 Å². The third-order valence-corrected chi connectivity index (χ3v) is 7.43. The molecule has 0 aliphatic carbocycles. The number of piperidine rings is 1. The van der Waals surface area contributed by atoms with E-state index in [4.69, 9.17) is 0 Å². The first-order valence-corrected chi connectivity index (χ1v) is 10.7. The van der Waals surface area contributed by atoms with E-state index in [9.17, 15) is 13.2 Å². The maximum Gasteiger partial charge on any atom is 0.243 e. The largest absolute Gasteiger partial charge is 0.326 e. The number of carbonyl (C=O) groups is 1. The number of anilines is 1. The fourth-order valence-corrected chi connectivity index (χ4v) is 4.80. The predicted molar refractivity (Wildman–Crippen MR) is 105 cm³/mol. The molecule has 0 saturated carbocycles. The van der Waals surface area contributed by atoms with Crippen LogP contribution in [0.15, 0.2) is 57.9 Å². The molecule has 1 N–H and O–H groups in total. The van der Waals surface area contributed by atoms with E-state index in [1.54, 1.807) is 30.3 Å². The molecular formula is C19H21BrN2O3S. The minimum atomic E-state index is -3.48. The summed E-state index contributed by atoms with van der Waals surface area (Å²) in [6.07, 6.45) is 1.04. The third kappa shape index (κ3) is 4.16. The van der Waals surface area contributed by atoms with Gasteiger partial charge in [-0.15, -0.1) is 0 Å². The van der Waals surface area contributed by atoms with Crippen molar-refractivity contribution in [3.8, 4) is 0 Å². The molecule has 2 aromatic carbocycles. The Morgan fingerprint density at radius 3 is 2.38 bits per heavy atom. The van der Waals surface area contributed by atoms with Crippen LogP contribution in [-0.2, 0) is 14.8 Å². The van der Waals surface area contributed by atoms with E-state index < -0.39 is 10.0 Å². The quantitative estimate of drug-likeness (QED) is 0.792. The number of rotatable bonds is 4. The van der Waals surface area contributed by atoms with Crippen molar-refractivity contribution < 1.29 is 13.2 Å². The summed E-state index contributed by atoms with van der Waals surface area (Å²) in [6.45, 7) is 2.68. The van der Waals surface area contributed by atoms with Gasteiger partial charge in [-0.2, -0.15) is 4.31 Å². The molecule has 1 aliphatic heterocycles. The Morgan fingerprint density at radius 1 is 1.12 bits per heavy atom. The molecule has 1 fully saturated rings. The molecule has 0 aromatic heterocycles. The van der Waals surface area contributed by atoms with Crippen LogP contribution in [0, 0.1) is 12.8 Å². The molecule has 0 atom stereocenters. The molecule has 1 amide bonds. The van der Waals surface area contributed by atoms with E-state index in [2.05, 4.69) is 21.2 Å². The number of hydrogen-bond acceptors (Lipinski definition) is 3. The Kier molecular flexibility index (Phi) is 5.79. The molecule has 0 radical (unpaired) electrons. The molecule has 2 aromatic rings. The summed E-state index contributed by atoms with van der Waals surface area (Å²) in [7, 11) is -3.48. The molecule has 1 saturated heterocycles. The monoisotopic (exact) mass is 436 g/mol. The van der Waals surface area contributed by atoms with Crippen LogP contribution < -0.4 is 5.32 Å². The molecule has 1 aliphatic rings. The third-order valence-electron chi connectivity index (χ3n) is 4.63. The minimum absolute atomic E-state index is 0.0523. The second-order valence-corrected chi connectivity index (χ2v) is 9.24. The normalized spacial score (nSPS) is 16.4. The highest BCUT2D eigenvalue weighted by Crippen LogP contribution is 2.26. The van der Waals surface area contributed by atoms with Gasteiger partial charge in [0.2, 0.25) is 15.9 Å². The van der Waals surface area contributed by atoms with Crippen molar-refractivity contribution in [1.29, 1.82) is 0 Å². The molecule has 3 rings (SSSR count). The number of sulfonamides is 1. The van der Waals surface area contributed by atoms with Crippen molar-refractivity contribution in [1.82, 2.24) is 4.31 Å². The van der Waals surface area contributed by atoms with Crippen molar-refractivity contribution in [3.05, 3.63) is 58.6 Å². The molecule has 0 unspecified atom stereocenters. The van der Waals surface area contributed by atoms with Gasteiger partial charge in [-0.05, 0) is 55.7 Å². The molecule has 26 heavy (non-hydrogen) atoms. The number of halogens is 1. The highest BCUT2D eigenvalue weighted by molar-refractivity contribution is 9.10. The topological polar surface area (TPSA) is 66.5 Å². The summed E-state index contributed by atoms with van der Waals surface area (Å²) in [4.78, 5) is 12.8. The van der Waals surface area contributed by atoms with Crippen molar-refractivity contribution in [2.45, 2.75) is 24.7 Å². The number of hydrogen-bond donors (Lipinski definition) is 1. The van der Waals surface area contributed by atoms with Crippen molar-refractivity contribution in [2.24, 2.45) is 5.92 Å². The van der Waals surface area contributed by atoms with E-state index in [1.165, 1.54) is 4.31 Å². The minimum Gasteiger partial charge on any atom is -0.326 e. The first-order valence-electron chi connectivity index (χ1n) is 8.50. The molecule has 5 nitrogen and oxygen atoms in total. The first kappa shape index (κ1) is 19.1. The molecule has 138 valence electrons. The zero-order valence-electron chi connectivity index (χ0n) is 14.5. The van der Waals surface area contributed by atoms with Gasteiger partial charge in [0.25, 0.3) is 0 Å². The lowest BCUT2D eigenvalue weighted by Gasteiger charge is -2.30. The lowest BCUT2D eigenvalue weighted by atomic mass is 9.97. The molecule has 0 spiro atoms. The van der Waals surface area contributed by atoms with Crippen molar-refractivity contribution in [3.63, 3.8) is 0 Å². The smallest absolute Gasteiger partial charge is 0.243 e. The van der Waals surface area contributed by atoms with Gasteiger partial charge in [0.15, 0.2) is 0 Å². The lowest BCUT2D eigenvalue weighted by molar-refractivity contribution is -0.120. The Morgan fingerprint density at radius 2 is 1.77 bits per heavy atom. The summed E-state index contributed by atoms with van der Waals surface area (Å²) in [5.41, 5.74) is 1.81. The van der Waals surface area contributed by atoms with Crippen molar-refractivity contribution >= 4 is 37.5 Å². The fourth-order valence-electron chi connectivity index (χ4n) is 3.07. The maximum atomic E-state index is 12.6. The van der Waals surface area contributed by atoms with E-state index in [-0.39, 0.29) is 11.8 Å². The summed E-state index contributed by atoms with van der Waals surface area (Å²) >= 11 is 3.44. The predicted octanol–water partition coefficient (Wildman–Crippen LogP) is 3.80. The maximum absolute atomic E-state index is 12.6. The van der Waals surface area contributed by atoms with Crippen LogP contribution in [0.25, 0.3) is 0 Å². The van der Waals surface area contributed by atoms with Gasteiger partial charge in [-0.25, -0.2) is 8.42 Å². The van der Waals surface area contributed by atoms with Gasteiger partial charge in [-0.3, -0.25) is 4.79 Å². The number of carbonyl (C=O) groups excluding carboxylic acids is 1. The molecule has 7 heteroatoms. The average molecular weight is 437 g/mol. The Labute approximate surface area is 162 Å². The van der Waals surface area contributed by atoms with Crippen LogP contribution in [0.2, 0.25) is 0 Å². The van der Waals surface area contributed by atoms with Crippen LogP contribution in [-0.4, -0.2) is 31.7 Å². The SMILES string of the molecule is Cc1cc(NC(=O)C2CCN(S(=O)(=O)c3ccccc3)CC2)ccc1Br. The number of nitrogens with zero attached hydrogens (tertiary/aromatic N) is 1. The number of nitrogens with one attached hydrogen (secondary N) is 1. The summed E-state index contributed by atoms with van der Waals surface area (Å²) in [6, 6.07) is 14.1. The van der Waals surface area contributed by atoms with E-state index >= 15 is 0 Å². The van der Waals surface area contributed by atoms with E-state index in [1.807, 2.05) is 25.1 Å². The Hall–Kier alpha value is -1.70. The molecule has 1 heterocycles. The fraction of sp³-hybridized carbons (Fsp3) is 0.316. The second kappa shape index (κ2) is 7.90. The van der Waals surface area contributed by atoms with Crippen LogP contribution in [0.1, 0.15) is 18.4 Å². The van der Waals surface area contributed by atoms with Crippen LogP contribution in [0.4, 0.5) is 5.69 Å². The number of benzene rings is 2. The average Bonchev–Trinajstić information content (AvgIpc) is 2.65. The zero-order valence-corrected chi connectivity index (χ0v) is 16.9. The second-order valence-electron chi connectivity index (χ2n) is 6.44. The van der Waals surface area contributed by atoms with Gasteiger partial charge in [0.1, 0.15) is 0 Å². The van der Waals surface area contributed by atoms with Crippen LogP contribution >= 0.6 is 15.9 Å². The summed E-state index contributed by atoms with van der Waals surface area (Å²) < 4.78 is 27.8. The number of aryl methyl sites for hydroxylation is 1. The Bertz CT molecular complexity index is 892. The molecule has 0 bridgehead atoms. The zero-order chi connectivity index (χ0) is 18.7. The van der Waals surface area contributed by atoms with Gasteiger partial charge in [-0.1, -0.05) is 34.1 Å². The first-order chi connectivity index (χ1) is 12.4. The van der Waals surface area contributed by atoms with Gasteiger partial charge in [0.05, 0.1) is 4.90 Å². The van der Waals surface area contributed by atoms with Gasteiger partial charge >= 0.3 is 0 Å². The van der Waals surface area contributed by atoms with Crippen molar-refractivity contribution in [2.75, 3.05) is 18.4 Å². The summed E-state index contributed by atoms with van der Waals surface area (Å²) in [5, 5.41) is 2.94. The lowest BCUT2D eigenvalue weighted by Crippen LogP contribution is -2.41. The Balaban J connectivity index is 1.61. The van der Waals surface area contributed by atoms with E-state index in [0.29, 0.717) is 30.8 Å². The highest BCUT2D eigenvalue weighted by atomic mass is 79.9. The number of amides is 1.